The van der Waals surface area contributed by atoms with Gasteiger partial charge in [-0.2, -0.15) is 0 Å². The maximum Gasteiger partial charge on any atom is 0.302 e. The highest BCUT2D eigenvalue weighted by molar-refractivity contribution is 9.10. The Balaban J connectivity index is 1.79. The second-order valence-electron chi connectivity index (χ2n) is 6.49. The van der Waals surface area contributed by atoms with Crippen LogP contribution in [0.3, 0.4) is 0 Å². The minimum Gasteiger partial charge on any atom is -0.451 e. The molecule has 4 aromatic rings. The van der Waals surface area contributed by atoms with Gasteiger partial charge in [-0.3, -0.25) is 19.7 Å². The first kappa shape index (κ1) is 19.9. The fraction of sp³-hybridized carbons (Fsp3) is 0.0500. The molecular formula is C20H12BrN3O5S. The normalized spacial score (nSPS) is 11.0. The van der Waals surface area contributed by atoms with E-state index in [9.17, 15) is 19.7 Å². The number of aromatic nitrogens is 2. The van der Waals surface area contributed by atoms with Crippen molar-refractivity contribution >= 4 is 50.6 Å². The van der Waals surface area contributed by atoms with E-state index in [-0.39, 0.29) is 27.4 Å². The summed E-state index contributed by atoms with van der Waals surface area (Å²) in [7, 11) is 0. The monoisotopic (exact) mass is 485 g/mol. The van der Waals surface area contributed by atoms with Crippen LogP contribution in [0, 0.1) is 21.8 Å². The van der Waals surface area contributed by atoms with E-state index in [1.54, 1.807) is 37.3 Å². The molecule has 0 unspecified atom stereocenters. The molecule has 150 valence electrons. The van der Waals surface area contributed by atoms with E-state index in [1.165, 1.54) is 18.2 Å². The minimum absolute atomic E-state index is 0.0597. The molecule has 8 nitrogen and oxygen atoms in total. The Hall–Kier alpha value is -3.37. The molecule has 0 saturated carbocycles. The number of hydrogen-bond acceptors (Lipinski definition) is 6. The van der Waals surface area contributed by atoms with Gasteiger partial charge in [0.15, 0.2) is 10.5 Å². The Bertz CT molecular complexity index is 1470. The van der Waals surface area contributed by atoms with Gasteiger partial charge >= 0.3 is 5.91 Å². The molecule has 0 aliphatic carbocycles. The molecule has 30 heavy (non-hydrogen) atoms. The summed E-state index contributed by atoms with van der Waals surface area (Å²) < 4.78 is 7.04. The fourth-order valence-electron chi connectivity index (χ4n) is 3.05. The van der Waals surface area contributed by atoms with Crippen molar-refractivity contribution in [1.82, 2.24) is 9.55 Å². The second-order valence-corrected chi connectivity index (χ2v) is 7.79. The van der Waals surface area contributed by atoms with Crippen molar-refractivity contribution in [3.05, 3.63) is 89.6 Å². The van der Waals surface area contributed by atoms with Crippen LogP contribution in [0.25, 0.3) is 22.2 Å². The Kier molecular flexibility index (Phi) is 4.96. The first-order valence-electron chi connectivity index (χ1n) is 8.61. The number of aromatic amines is 1. The van der Waals surface area contributed by atoms with Gasteiger partial charge in [-0.15, -0.1) is 0 Å². The zero-order chi connectivity index (χ0) is 21.6. The number of nitrogens with zero attached hydrogens (tertiary/aromatic N) is 2. The van der Waals surface area contributed by atoms with Crippen molar-refractivity contribution in [3.8, 4) is 11.3 Å². The SMILES string of the molecule is Cc1ccc(-c2ccc(C(=O)n3c(=S)[nH]c4ccc(Br)cc4c3=O)o2)cc1[N+](=O)[O-]. The van der Waals surface area contributed by atoms with Gasteiger partial charge in [0.25, 0.3) is 11.2 Å². The van der Waals surface area contributed by atoms with Crippen molar-refractivity contribution in [1.29, 1.82) is 0 Å². The summed E-state index contributed by atoms with van der Waals surface area (Å²) in [6.45, 7) is 1.63. The number of halogens is 1. The highest BCUT2D eigenvalue weighted by Crippen LogP contribution is 2.28. The lowest BCUT2D eigenvalue weighted by Gasteiger charge is -2.06. The Morgan fingerprint density at radius 3 is 2.70 bits per heavy atom. The van der Waals surface area contributed by atoms with Crippen molar-refractivity contribution in [2.45, 2.75) is 6.92 Å². The largest absolute Gasteiger partial charge is 0.451 e. The number of nitro benzene ring substituents is 1. The summed E-state index contributed by atoms with van der Waals surface area (Å²) in [4.78, 5) is 39.4. The number of H-pyrrole nitrogens is 1. The van der Waals surface area contributed by atoms with Gasteiger partial charge in [0, 0.05) is 21.7 Å². The third kappa shape index (κ3) is 3.40. The lowest BCUT2D eigenvalue weighted by Crippen LogP contribution is -2.28. The molecule has 0 amide bonds. The predicted octanol–water partition coefficient (Wildman–Crippen LogP) is 4.99. The standard InChI is InChI=1S/C20H12BrN3O5S/c1-10-2-3-11(8-15(10)24(27)28)16-6-7-17(29-16)19(26)23-18(25)13-9-12(21)4-5-14(13)22-20(23)30/h2-9H,1H3,(H,22,30). The summed E-state index contributed by atoms with van der Waals surface area (Å²) in [6.07, 6.45) is 0. The van der Waals surface area contributed by atoms with Crippen LogP contribution in [0.4, 0.5) is 5.69 Å². The molecule has 0 atom stereocenters. The van der Waals surface area contributed by atoms with Gasteiger partial charge < -0.3 is 9.40 Å². The fourth-order valence-corrected chi connectivity index (χ4v) is 3.69. The van der Waals surface area contributed by atoms with Crippen LogP contribution >= 0.6 is 28.1 Å². The van der Waals surface area contributed by atoms with E-state index in [2.05, 4.69) is 20.9 Å². The number of fused-ring (bicyclic) bond motifs is 1. The van der Waals surface area contributed by atoms with E-state index in [0.29, 0.717) is 21.1 Å². The number of furan rings is 1. The third-order valence-electron chi connectivity index (χ3n) is 4.57. The van der Waals surface area contributed by atoms with Crippen molar-refractivity contribution in [2.24, 2.45) is 0 Å². The van der Waals surface area contributed by atoms with Gasteiger partial charge in [-0.25, -0.2) is 4.57 Å². The molecule has 1 N–H and O–H groups in total. The molecule has 0 fully saturated rings. The molecule has 2 aromatic heterocycles. The minimum atomic E-state index is -0.740. The van der Waals surface area contributed by atoms with Crippen molar-refractivity contribution in [3.63, 3.8) is 0 Å². The quantitative estimate of drug-likeness (QED) is 0.248. The predicted molar refractivity (Wildman–Crippen MR) is 116 cm³/mol. The van der Waals surface area contributed by atoms with E-state index >= 15 is 0 Å². The van der Waals surface area contributed by atoms with Crippen LogP contribution < -0.4 is 5.56 Å². The average molecular weight is 486 g/mol. The topological polar surface area (TPSA) is 111 Å². The van der Waals surface area contributed by atoms with E-state index in [4.69, 9.17) is 16.6 Å². The molecule has 2 heterocycles. The number of benzene rings is 2. The van der Waals surface area contributed by atoms with Crippen molar-refractivity contribution in [2.75, 3.05) is 0 Å². The molecule has 0 radical (unpaired) electrons. The Morgan fingerprint density at radius 1 is 1.20 bits per heavy atom. The van der Waals surface area contributed by atoms with Crippen LogP contribution in [0.2, 0.25) is 0 Å². The van der Waals surface area contributed by atoms with Crippen LogP contribution in [-0.4, -0.2) is 20.4 Å². The summed E-state index contributed by atoms with van der Waals surface area (Å²) in [5.41, 5.74) is 0.807. The zero-order valence-corrected chi connectivity index (χ0v) is 17.7. The molecule has 10 heteroatoms. The zero-order valence-electron chi connectivity index (χ0n) is 15.3. The smallest absolute Gasteiger partial charge is 0.302 e. The Morgan fingerprint density at radius 2 is 1.97 bits per heavy atom. The third-order valence-corrected chi connectivity index (χ3v) is 5.35. The van der Waals surface area contributed by atoms with Gasteiger partial charge in [0.1, 0.15) is 5.76 Å². The molecule has 0 bridgehead atoms. The summed E-state index contributed by atoms with van der Waals surface area (Å²) in [5.74, 6) is -0.604. The summed E-state index contributed by atoms with van der Waals surface area (Å²) >= 11 is 8.50. The van der Waals surface area contributed by atoms with Crippen LogP contribution in [-0.2, 0) is 0 Å². The van der Waals surface area contributed by atoms with Crippen LogP contribution in [0.15, 0.2) is 62.2 Å². The summed E-state index contributed by atoms with van der Waals surface area (Å²) in [6, 6.07) is 12.5. The molecule has 0 spiro atoms. The molecule has 2 aromatic carbocycles. The number of nitro groups is 1. The highest BCUT2D eigenvalue weighted by Gasteiger charge is 2.20. The van der Waals surface area contributed by atoms with Gasteiger partial charge in [0.05, 0.1) is 15.8 Å². The first-order valence-corrected chi connectivity index (χ1v) is 9.81. The maximum atomic E-state index is 13.0. The van der Waals surface area contributed by atoms with Crippen LogP contribution in [0.1, 0.15) is 16.1 Å². The van der Waals surface area contributed by atoms with Crippen LogP contribution in [0.5, 0.6) is 0 Å². The number of rotatable bonds is 3. The highest BCUT2D eigenvalue weighted by atomic mass is 79.9. The van der Waals surface area contributed by atoms with E-state index in [0.717, 1.165) is 4.57 Å². The average Bonchev–Trinajstić information content (AvgIpc) is 3.19. The molecule has 0 aliphatic heterocycles. The second kappa shape index (κ2) is 7.47. The molecule has 0 aliphatic rings. The van der Waals surface area contributed by atoms with Gasteiger partial charge in [-0.1, -0.05) is 28.1 Å². The lowest BCUT2D eigenvalue weighted by atomic mass is 10.1. The number of carbonyl (C=O) groups is 1. The van der Waals surface area contributed by atoms with Gasteiger partial charge in [-0.05, 0) is 49.5 Å². The molecular weight excluding hydrogens is 474 g/mol. The summed E-state index contributed by atoms with van der Waals surface area (Å²) in [5, 5.41) is 11.5. The number of hydrogen-bond donors (Lipinski definition) is 1. The molecule has 4 rings (SSSR count). The van der Waals surface area contributed by atoms with E-state index < -0.39 is 16.4 Å². The number of carbonyl (C=O) groups excluding carboxylic acids is 1. The molecule has 0 saturated heterocycles. The van der Waals surface area contributed by atoms with Crippen molar-refractivity contribution < 1.29 is 14.1 Å². The van der Waals surface area contributed by atoms with Gasteiger partial charge in [0.2, 0.25) is 0 Å². The maximum absolute atomic E-state index is 13.0. The number of aryl methyl sites for hydroxylation is 1. The lowest BCUT2D eigenvalue weighted by molar-refractivity contribution is -0.385. The number of nitrogens with one attached hydrogen (secondary N) is 1. The Labute approximate surface area is 182 Å². The van der Waals surface area contributed by atoms with E-state index in [1.807, 2.05) is 0 Å². The first-order chi connectivity index (χ1) is 14.3.